The summed E-state index contributed by atoms with van der Waals surface area (Å²) in [4.78, 5) is 0. The third kappa shape index (κ3) is 3.19. The second-order valence-corrected chi connectivity index (χ2v) is 5.28. The predicted octanol–water partition coefficient (Wildman–Crippen LogP) is 3.47. The summed E-state index contributed by atoms with van der Waals surface area (Å²) in [5.41, 5.74) is 0.924. The topological polar surface area (TPSA) is 18.5 Å². The second kappa shape index (κ2) is 4.65. The van der Waals surface area contributed by atoms with Gasteiger partial charge in [0, 0.05) is 0 Å². The first kappa shape index (κ1) is 12.4. The minimum absolute atomic E-state index is 0.0703. The highest BCUT2D eigenvalue weighted by atomic mass is 19.1. The molecule has 1 aromatic carbocycles. The number of ether oxygens (including phenoxy) is 2. The van der Waals surface area contributed by atoms with Crippen molar-refractivity contribution in [1.29, 1.82) is 0 Å². The maximum Gasteiger partial charge on any atom is 0.165 e. The molecule has 1 unspecified atom stereocenters. The van der Waals surface area contributed by atoms with Gasteiger partial charge >= 0.3 is 0 Å². The Morgan fingerprint density at radius 2 is 2.24 bits per heavy atom. The van der Waals surface area contributed by atoms with Crippen LogP contribution >= 0.6 is 0 Å². The monoisotopic (exact) mass is 238 g/mol. The number of hydrogen-bond acceptors (Lipinski definition) is 2. The Morgan fingerprint density at radius 3 is 2.88 bits per heavy atom. The average Bonchev–Trinajstić information content (AvgIpc) is 2.60. The van der Waals surface area contributed by atoms with Crippen molar-refractivity contribution >= 4 is 0 Å². The third-order valence-electron chi connectivity index (χ3n) is 3.07. The minimum Gasteiger partial charge on any atom is -0.488 e. The van der Waals surface area contributed by atoms with E-state index < -0.39 is 0 Å². The molecule has 1 fully saturated rings. The van der Waals surface area contributed by atoms with E-state index in [2.05, 4.69) is 13.8 Å². The van der Waals surface area contributed by atoms with Crippen molar-refractivity contribution in [1.82, 2.24) is 0 Å². The van der Waals surface area contributed by atoms with Gasteiger partial charge in [-0.25, -0.2) is 4.39 Å². The van der Waals surface area contributed by atoms with Crippen molar-refractivity contribution in [2.24, 2.45) is 0 Å². The van der Waals surface area contributed by atoms with Crippen LogP contribution in [0.1, 0.15) is 32.3 Å². The Bertz CT molecular complexity index is 401. The van der Waals surface area contributed by atoms with Crippen LogP contribution < -0.4 is 4.74 Å². The molecule has 1 saturated heterocycles. The fourth-order valence-electron chi connectivity index (χ4n) is 2.10. The van der Waals surface area contributed by atoms with E-state index in [1.165, 1.54) is 6.07 Å². The molecule has 1 aliphatic rings. The van der Waals surface area contributed by atoms with Gasteiger partial charge in [-0.3, -0.25) is 0 Å². The van der Waals surface area contributed by atoms with Gasteiger partial charge in [0.15, 0.2) is 11.6 Å². The number of hydrogen-bond donors (Lipinski definition) is 0. The maximum absolute atomic E-state index is 13.4. The average molecular weight is 238 g/mol. The lowest BCUT2D eigenvalue weighted by Crippen LogP contribution is -2.24. The smallest absolute Gasteiger partial charge is 0.165 e. The largest absolute Gasteiger partial charge is 0.488 e. The fraction of sp³-hybridized carbons (Fsp3) is 0.571. The molecule has 0 saturated carbocycles. The number of aryl methyl sites for hydroxylation is 1. The summed E-state index contributed by atoms with van der Waals surface area (Å²) in [5, 5.41) is 0. The van der Waals surface area contributed by atoms with Gasteiger partial charge in [-0.2, -0.15) is 0 Å². The molecule has 0 aliphatic carbocycles. The van der Waals surface area contributed by atoms with Crippen LogP contribution in [0.5, 0.6) is 5.75 Å². The molecule has 0 aromatic heterocycles. The van der Waals surface area contributed by atoms with Crippen LogP contribution in [-0.2, 0) is 4.74 Å². The predicted molar refractivity (Wildman–Crippen MR) is 64.8 cm³/mol. The van der Waals surface area contributed by atoms with Gasteiger partial charge in [0.1, 0.15) is 6.61 Å². The standard InChI is InChI=1S/C14H19FO2/c1-10-4-5-12(15)13(8-10)16-9-11-6-7-14(2,3)17-11/h4-5,8,11H,6-7,9H2,1-3H3. The summed E-state index contributed by atoms with van der Waals surface area (Å²) in [6.45, 7) is 6.48. The highest BCUT2D eigenvalue weighted by Crippen LogP contribution is 2.30. The van der Waals surface area contributed by atoms with Crippen LogP contribution in [0.4, 0.5) is 4.39 Å². The highest BCUT2D eigenvalue weighted by Gasteiger charge is 2.32. The molecule has 1 aliphatic heterocycles. The Balaban J connectivity index is 1.92. The van der Waals surface area contributed by atoms with E-state index in [9.17, 15) is 4.39 Å². The molecule has 3 heteroatoms. The second-order valence-electron chi connectivity index (χ2n) is 5.28. The van der Waals surface area contributed by atoms with E-state index in [1.54, 1.807) is 12.1 Å². The number of rotatable bonds is 3. The third-order valence-corrected chi connectivity index (χ3v) is 3.07. The Labute approximate surface area is 102 Å². The summed E-state index contributed by atoms with van der Waals surface area (Å²) in [7, 11) is 0. The van der Waals surface area contributed by atoms with Gasteiger partial charge < -0.3 is 9.47 Å². The van der Waals surface area contributed by atoms with Gasteiger partial charge in [-0.05, 0) is 51.3 Å². The Morgan fingerprint density at radius 1 is 1.47 bits per heavy atom. The van der Waals surface area contributed by atoms with Crippen LogP contribution in [0.3, 0.4) is 0 Å². The van der Waals surface area contributed by atoms with Gasteiger partial charge in [0.05, 0.1) is 11.7 Å². The van der Waals surface area contributed by atoms with E-state index in [0.29, 0.717) is 12.4 Å². The van der Waals surface area contributed by atoms with Crippen molar-refractivity contribution in [2.45, 2.75) is 45.3 Å². The van der Waals surface area contributed by atoms with Crippen LogP contribution in [0, 0.1) is 12.7 Å². The first-order valence-electron chi connectivity index (χ1n) is 6.03. The molecule has 1 aromatic rings. The van der Waals surface area contributed by atoms with Crippen molar-refractivity contribution in [3.63, 3.8) is 0 Å². The summed E-state index contributed by atoms with van der Waals surface area (Å²) in [5.74, 6) is 0.00571. The van der Waals surface area contributed by atoms with Crippen molar-refractivity contribution < 1.29 is 13.9 Å². The highest BCUT2D eigenvalue weighted by molar-refractivity contribution is 5.29. The molecule has 2 nitrogen and oxygen atoms in total. The normalized spacial score (nSPS) is 22.7. The van der Waals surface area contributed by atoms with E-state index in [0.717, 1.165) is 18.4 Å². The zero-order valence-corrected chi connectivity index (χ0v) is 10.6. The van der Waals surface area contributed by atoms with Crippen LogP contribution in [0.25, 0.3) is 0 Å². The lowest BCUT2D eigenvalue weighted by atomic mass is 10.1. The van der Waals surface area contributed by atoms with Crippen molar-refractivity contribution in [3.8, 4) is 5.75 Å². The summed E-state index contributed by atoms with van der Waals surface area (Å²) in [6, 6.07) is 4.89. The van der Waals surface area contributed by atoms with E-state index >= 15 is 0 Å². The first-order valence-corrected chi connectivity index (χ1v) is 6.03. The summed E-state index contributed by atoms with van der Waals surface area (Å²) in [6.07, 6.45) is 2.07. The first-order chi connectivity index (χ1) is 7.96. The van der Waals surface area contributed by atoms with Gasteiger partial charge in [-0.1, -0.05) is 6.07 Å². The van der Waals surface area contributed by atoms with Crippen LogP contribution in [-0.4, -0.2) is 18.3 Å². The quantitative estimate of drug-likeness (QED) is 0.802. The number of benzene rings is 1. The van der Waals surface area contributed by atoms with Crippen molar-refractivity contribution in [3.05, 3.63) is 29.6 Å². The molecule has 1 atom stereocenters. The summed E-state index contributed by atoms with van der Waals surface area (Å²) < 4.78 is 24.7. The van der Waals surface area contributed by atoms with Gasteiger partial charge in [0.25, 0.3) is 0 Å². The lowest BCUT2D eigenvalue weighted by Gasteiger charge is -2.19. The molecular formula is C14H19FO2. The van der Waals surface area contributed by atoms with Gasteiger partial charge in [-0.15, -0.1) is 0 Å². The SMILES string of the molecule is Cc1ccc(F)c(OCC2CCC(C)(C)O2)c1. The molecular weight excluding hydrogens is 219 g/mol. The molecule has 17 heavy (non-hydrogen) atoms. The lowest BCUT2D eigenvalue weighted by molar-refractivity contribution is -0.0330. The Hall–Kier alpha value is -1.09. The number of halogens is 1. The summed E-state index contributed by atoms with van der Waals surface area (Å²) >= 11 is 0. The van der Waals surface area contributed by atoms with Crippen LogP contribution in [0.2, 0.25) is 0 Å². The molecule has 0 amide bonds. The fourth-order valence-corrected chi connectivity index (χ4v) is 2.10. The zero-order valence-electron chi connectivity index (χ0n) is 10.6. The molecule has 0 N–H and O–H groups in total. The zero-order chi connectivity index (χ0) is 12.5. The molecule has 2 rings (SSSR count). The molecule has 1 heterocycles. The van der Waals surface area contributed by atoms with E-state index in [4.69, 9.17) is 9.47 Å². The molecule has 0 bridgehead atoms. The molecule has 94 valence electrons. The van der Waals surface area contributed by atoms with Gasteiger partial charge in [0.2, 0.25) is 0 Å². The minimum atomic E-state index is -0.312. The molecule has 0 radical (unpaired) electrons. The Kier molecular flexibility index (Phi) is 3.38. The maximum atomic E-state index is 13.4. The van der Waals surface area contributed by atoms with Crippen LogP contribution in [0.15, 0.2) is 18.2 Å². The van der Waals surface area contributed by atoms with E-state index in [1.807, 2.05) is 6.92 Å². The van der Waals surface area contributed by atoms with Crippen molar-refractivity contribution in [2.75, 3.05) is 6.61 Å². The van der Waals surface area contributed by atoms with E-state index in [-0.39, 0.29) is 17.5 Å². The molecule has 0 spiro atoms.